The normalized spacial score (nSPS) is 11.2. The topological polar surface area (TPSA) is 30.3 Å². The molecule has 5 aromatic rings. The van der Waals surface area contributed by atoms with Gasteiger partial charge in [0.05, 0.1) is 18.0 Å². The van der Waals surface area contributed by atoms with Gasteiger partial charge in [-0.15, -0.1) is 0 Å². The van der Waals surface area contributed by atoms with Crippen LogP contribution in [0, 0.1) is 6.92 Å². The Balaban J connectivity index is 1.58. The van der Waals surface area contributed by atoms with Crippen molar-refractivity contribution < 1.29 is 4.74 Å². The summed E-state index contributed by atoms with van der Waals surface area (Å²) in [5.74, 6) is 1.96. The average molecular weight is 544 g/mol. The fourth-order valence-corrected chi connectivity index (χ4v) is 5.40. The Labute approximate surface area is 245 Å². The maximum atomic E-state index is 5.71. The van der Waals surface area contributed by atoms with Crippen LogP contribution in [0.1, 0.15) is 49.1 Å². The zero-order valence-electron chi connectivity index (χ0n) is 24.6. The molecule has 0 fully saturated rings. The lowest BCUT2D eigenvalue weighted by molar-refractivity contribution is 0.241. The first-order chi connectivity index (χ1) is 20.1. The van der Waals surface area contributed by atoms with Gasteiger partial charge >= 0.3 is 0 Å². The molecule has 0 aliphatic heterocycles. The van der Waals surface area contributed by atoms with Crippen molar-refractivity contribution in [1.29, 1.82) is 0 Å². The highest BCUT2D eigenvalue weighted by atomic mass is 16.5. The molecule has 41 heavy (non-hydrogen) atoms. The van der Waals surface area contributed by atoms with Gasteiger partial charge in [-0.25, -0.2) is 4.98 Å². The van der Waals surface area contributed by atoms with E-state index in [0.717, 1.165) is 67.4 Å². The van der Waals surface area contributed by atoms with Crippen molar-refractivity contribution in [2.24, 2.45) is 0 Å². The van der Waals surface area contributed by atoms with Gasteiger partial charge in [-0.2, -0.15) is 0 Å². The van der Waals surface area contributed by atoms with Crippen molar-refractivity contribution >= 4 is 0 Å². The quantitative estimate of drug-likeness (QED) is 0.148. The van der Waals surface area contributed by atoms with Crippen LogP contribution in [0.3, 0.4) is 0 Å². The number of aromatic nitrogens is 2. The van der Waals surface area contributed by atoms with E-state index in [2.05, 4.69) is 133 Å². The highest BCUT2D eigenvalue weighted by Crippen LogP contribution is 2.32. The summed E-state index contributed by atoms with van der Waals surface area (Å²) in [5, 5.41) is 0. The predicted molar refractivity (Wildman–Crippen MR) is 170 cm³/mol. The fraction of sp³-hybridized carbons (Fsp3) is 0.270. The number of rotatable bonds is 13. The summed E-state index contributed by atoms with van der Waals surface area (Å²) in [6.07, 6.45) is 2.24. The van der Waals surface area contributed by atoms with Crippen LogP contribution in [0.5, 0.6) is 5.75 Å². The standard InChI is InChI=1S/C37H41N3O/c1-4-6-24-40-35(36(32-16-9-7-10-17-32)38-37(40)33-18-11-8-12-19-33)28-39(27-31-15-13-14-29(3)25-31)26-30-20-22-34(23-21-30)41-5-2/h7-23,25H,4-6,24,26-28H2,1-3H3. The second kappa shape index (κ2) is 14.0. The van der Waals surface area contributed by atoms with E-state index in [4.69, 9.17) is 9.72 Å². The second-order valence-electron chi connectivity index (χ2n) is 10.7. The zero-order chi connectivity index (χ0) is 28.4. The van der Waals surface area contributed by atoms with Crippen molar-refractivity contribution in [2.45, 2.75) is 59.8 Å². The van der Waals surface area contributed by atoms with Gasteiger partial charge in [0.2, 0.25) is 0 Å². The highest BCUT2D eigenvalue weighted by Gasteiger charge is 2.22. The first kappa shape index (κ1) is 28.4. The number of nitrogens with zero attached hydrogens (tertiary/aromatic N) is 3. The van der Waals surface area contributed by atoms with E-state index in [1.807, 2.05) is 6.92 Å². The van der Waals surface area contributed by atoms with E-state index in [0.29, 0.717) is 6.61 Å². The molecule has 0 amide bonds. The number of aryl methyl sites for hydroxylation is 1. The monoisotopic (exact) mass is 543 g/mol. The average Bonchev–Trinajstić information content (AvgIpc) is 3.36. The molecule has 0 aliphatic rings. The molecule has 1 heterocycles. The van der Waals surface area contributed by atoms with Crippen molar-refractivity contribution in [1.82, 2.24) is 14.5 Å². The van der Waals surface area contributed by atoms with Crippen LogP contribution >= 0.6 is 0 Å². The third-order valence-corrected chi connectivity index (χ3v) is 7.39. The van der Waals surface area contributed by atoms with Gasteiger partial charge in [0.1, 0.15) is 11.6 Å². The first-order valence-corrected chi connectivity index (χ1v) is 14.8. The summed E-state index contributed by atoms with van der Waals surface area (Å²) >= 11 is 0. The van der Waals surface area contributed by atoms with E-state index in [-0.39, 0.29) is 0 Å². The van der Waals surface area contributed by atoms with Crippen molar-refractivity contribution in [2.75, 3.05) is 6.61 Å². The number of imidazole rings is 1. The van der Waals surface area contributed by atoms with Gasteiger partial charge in [-0.3, -0.25) is 4.90 Å². The van der Waals surface area contributed by atoms with E-state index < -0.39 is 0 Å². The highest BCUT2D eigenvalue weighted by molar-refractivity contribution is 5.68. The lowest BCUT2D eigenvalue weighted by Crippen LogP contribution is -2.24. The Kier molecular flexibility index (Phi) is 9.66. The van der Waals surface area contributed by atoms with Crippen molar-refractivity contribution in [3.05, 3.63) is 132 Å². The number of benzene rings is 4. The molecule has 210 valence electrons. The lowest BCUT2D eigenvalue weighted by atomic mass is 10.1. The molecule has 0 radical (unpaired) electrons. The first-order valence-electron chi connectivity index (χ1n) is 14.8. The minimum Gasteiger partial charge on any atom is -0.494 e. The molecule has 4 nitrogen and oxygen atoms in total. The number of hydrogen-bond acceptors (Lipinski definition) is 3. The number of ether oxygens (including phenoxy) is 1. The Hall–Kier alpha value is -4.15. The predicted octanol–water partition coefficient (Wildman–Crippen LogP) is 8.93. The molecule has 5 rings (SSSR count). The molecule has 0 saturated heterocycles. The third kappa shape index (κ3) is 7.33. The molecule has 0 saturated carbocycles. The van der Waals surface area contributed by atoms with E-state index in [1.165, 1.54) is 22.4 Å². The minimum absolute atomic E-state index is 0.673. The molecule has 0 N–H and O–H groups in total. The molecule has 0 aliphatic carbocycles. The SMILES string of the molecule is CCCCn1c(-c2ccccc2)nc(-c2ccccc2)c1CN(Cc1ccc(OCC)cc1)Cc1cccc(C)c1. The Morgan fingerprint density at radius 3 is 2.05 bits per heavy atom. The van der Waals surface area contributed by atoms with Crippen LogP contribution in [0.25, 0.3) is 22.6 Å². The van der Waals surface area contributed by atoms with E-state index in [1.54, 1.807) is 0 Å². The van der Waals surface area contributed by atoms with Crippen LogP contribution in [0.2, 0.25) is 0 Å². The summed E-state index contributed by atoms with van der Waals surface area (Å²) < 4.78 is 8.18. The van der Waals surface area contributed by atoms with Crippen molar-refractivity contribution in [3.63, 3.8) is 0 Å². The summed E-state index contributed by atoms with van der Waals surface area (Å²) in [5.41, 5.74) is 8.53. The number of hydrogen-bond donors (Lipinski definition) is 0. The molecule has 4 heteroatoms. The van der Waals surface area contributed by atoms with Crippen LogP contribution in [0.15, 0.2) is 109 Å². The maximum absolute atomic E-state index is 5.71. The lowest BCUT2D eigenvalue weighted by Gasteiger charge is -2.25. The van der Waals surface area contributed by atoms with Crippen LogP contribution < -0.4 is 4.74 Å². The van der Waals surface area contributed by atoms with E-state index in [9.17, 15) is 0 Å². The minimum atomic E-state index is 0.673. The van der Waals surface area contributed by atoms with Crippen LogP contribution in [-0.2, 0) is 26.2 Å². The smallest absolute Gasteiger partial charge is 0.140 e. The van der Waals surface area contributed by atoms with Crippen LogP contribution in [0.4, 0.5) is 0 Å². The maximum Gasteiger partial charge on any atom is 0.140 e. The summed E-state index contributed by atoms with van der Waals surface area (Å²) in [6, 6.07) is 38.7. The summed E-state index contributed by atoms with van der Waals surface area (Å²) in [6.45, 7) is 10.5. The molecular formula is C37H41N3O. The van der Waals surface area contributed by atoms with Crippen molar-refractivity contribution in [3.8, 4) is 28.4 Å². The fourth-order valence-electron chi connectivity index (χ4n) is 5.40. The molecule has 1 aromatic heterocycles. The Morgan fingerprint density at radius 1 is 0.707 bits per heavy atom. The summed E-state index contributed by atoms with van der Waals surface area (Å²) in [4.78, 5) is 7.88. The molecule has 4 aromatic carbocycles. The third-order valence-electron chi connectivity index (χ3n) is 7.39. The zero-order valence-corrected chi connectivity index (χ0v) is 24.6. The van der Waals surface area contributed by atoms with E-state index >= 15 is 0 Å². The van der Waals surface area contributed by atoms with Gasteiger partial charge in [0.15, 0.2) is 0 Å². The van der Waals surface area contributed by atoms with Gasteiger partial charge in [0, 0.05) is 37.3 Å². The molecule has 0 spiro atoms. The molecule has 0 unspecified atom stereocenters. The molecular weight excluding hydrogens is 502 g/mol. The Bertz CT molecular complexity index is 1510. The Morgan fingerprint density at radius 2 is 1.39 bits per heavy atom. The van der Waals surface area contributed by atoms with Gasteiger partial charge in [0.25, 0.3) is 0 Å². The molecule has 0 bridgehead atoms. The van der Waals surface area contributed by atoms with Gasteiger partial charge < -0.3 is 9.30 Å². The van der Waals surface area contributed by atoms with Crippen LogP contribution in [-0.4, -0.2) is 21.1 Å². The summed E-state index contributed by atoms with van der Waals surface area (Å²) in [7, 11) is 0. The van der Waals surface area contributed by atoms with Gasteiger partial charge in [-0.1, -0.05) is 116 Å². The molecule has 0 atom stereocenters. The largest absolute Gasteiger partial charge is 0.494 e. The second-order valence-corrected chi connectivity index (χ2v) is 10.7. The number of unbranched alkanes of at least 4 members (excludes halogenated alkanes) is 1. The van der Waals surface area contributed by atoms with Gasteiger partial charge in [-0.05, 0) is 43.5 Å².